The first kappa shape index (κ1) is 15.5. The molecule has 0 bridgehead atoms. The quantitative estimate of drug-likeness (QED) is 0.316. The van der Waals surface area contributed by atoms with Gasteiger partial charge in [-0.1, -0.05) is 29.8 Å². The van der Waals surface area contributed by atoms with Crippen LogP contribution < -0.4 is 10.5 Å². The zero-order valence-corrected chi connectivity index (χ0v) is 11.8. The third-order valence-corrected chi connectivity index (χ3v) is 4.27. The fourth-order valence-electron chi connectivity index (χ4n) is 1.57. The van der Waals surface area contributed by atoms with Crippen LogP contribution in [0.25, 0.3) is 0 Å². The second kappa shape index (κ2) is 6.53. The SMILES string of the molecule is CCC(CC(N)=NO)NS(=O)(=O)c1ccc(C)cc1. The van der Waals surface area contributed by atoms with E-state index in [-0.39, 0.29) is 17.2 Å². The zero-order chi connectivity index (χ0) is 14.5. The van der Waals surface area contributed by atoms with Crippen molar-refractivity contribution in [2.24, 2.45) is 10.9 Å². The minimum absolute atomic E-state index is 0.00143. The Labute approximate surface area is 113 Å². The highest BCUT2D eigenvalue weighted by molar-refractivity contribution is 7.89. The molecule has 0 heterocycles. The lowest BCUT2D eigenvalue weighted by Crippen LogP contribution is -2.37. The molecule has 0 aliphatic carbocycles. The van der Waals surface area contributed by atoms with E-state index in [0.29, 0.717) is 6.42 Å². The smallest absolute Gasteiger partial charge is 0.240 e. The van der Waals surface area contributed by atoms with Crippen LogP contribution in [0.15, 0.2) is 34.3 Å². The Bertz CT molecular complexity index is 538. The second-order valence-corrected chi connectivity index (χ2v) is 6.05. The molecule has 0 saturated carbocycles. The van der Waals surface area contributed by atoms with E-state index in [4.69, 9.17) is 10.9 Å². The predicted octanol–water partition coefficient (Wildman–Crippen LogP) is 1.19. The van der Waals surface area contributed by atoms with Crippen LogP contribution in [0.3, 0.4) is 0 Å². The van der Waals surface area contributed by atoms with Crippen molar-refractivity contribution in [1.82, 2.24) is 4.72 Å². The van der Waals surface area contributed by atoms with Crippen LogP contribution >= 0.6 is 0 Å². The van der Waals surface area contributed by atoms with Gasteiger partial charge in [0.05, 0.1) is 4.90 Å². The molecule has 0 fully saturated rings. The molecule has 106 valence electrons. The summed E-state index contributed by atoms with van der Waals surface area (Å²) in [5, 5.41) is 11.4. The number of amidine groups is 1. The molecule has 1 unspecified atom stereocenters. The summed E-state index contributed by atoms with van der Waals surface area (Å²) in [6, 6.07) is 6.17. The molecule has 4 N–H and O–H groups in total. The minimum atomic E-state index is -3.58. The van der Waals surface area contributed by atoms with Crippen molar-refractivity contribution in [2.45, 2.75) is 37.6 Å². The van der Waals surface area contributed by atoms with Crippen molar-refractivity contribution in [1.29, 1.82) is 0 Å². The normalized spacial score (nSPS) is 14.3. The summed E-state index contributed by atoms with van der Waals surface area (Å²) < 4.78 is 26.8. The molecule has 0 saturated heterocycles. The summed E-state index contributed by atoms with van der Waals surface area (Å²) in [4.78, 5) is 0.205. The van der Waals surface area contributed by atoms with Gasteiger partial charge in [-0.05, 0) is 25.5 Å². The van der Waals surface area contributed by atoms with E-state index in [1.165, 1.54) is 0 Å². The highest BCUT2D eigenvalue weighted by atomic mass is 32.2. The minimum Gasteiger partial charge on any atom is -0.409 e. The van der Waals surface area contributed by atoms with Crippen LogP contribution in [0.5, 0.6) is 0 Å². The van der Waals surface area contributed by atoms with Crippen molar-refractivity contribution in [3.63, 3.8) is 0 Å². The highest BCUT2D eigenvalue weighted by Crippen LogP contribution is 2.12. The van der Waals surface area contributed by atoms with Crippen LogP contribution in [-0.2, 0) is 10.0 Å². The lowest BCUT2D eigenvalue weighted by atomic mass is 10.1. The van der Waals surface area contributed by atoms with Gasteiger partial charge in [0.2, 0.25) is 10.0 Å². The molecule has 19 heavy (non-hydrogen) atoms. The Morgan fingerprint density at radius 2 is 2.00 bits per heavy atom. The molecule has 0 spiro atoms. The number of nitrogens with one attached hydrogen (secondary N) is 1. The van der Waals surface area contributed by atoms with E-state index in [1.54, 1.807) is 24.3 Å². The Morgan fingerprint density at radius 3 is 2.47 bits per heavy atom. The van der Waals surface area contributed by atoms with E-state index in [2.05, 4.69) is 9.88 Å². The number of benzene rings is 1. The average molecular weight is 285 g/mol. The van der Waals surface area contributed by atoms with E-state index in [9.17, 15) is 8.42 Å². The van der Waals surface area contributed by atoms with Crippen molar-refractivity contribution in [2.75, 3.05) is 0 Å². The molecule has 0 amide bonds. The number of nitrogens with zero attached hydrogens (tertiary/aromatic N) is 1. The Kier molecular flexibility index (Phi) is 5.31. The van der Waals surface area contributed by atoms with Gasteiger partial charge in [-0.2, -0.15) is 0 Å². The molecule has 6 nitrogen and oxygen atoms in total. The number of nitrogens with two attached hydrogens (primary N) is 1. The summed E-state index contributed by atoms with van der Waals surface area (Å²) in [6.07, 6.45) is 0.708. The summed E-state index contributed by atoms with van der Waals surface area (Å²) >= 11 is 0. The van der Waals surface area contributed by atoms with Crippen LogP contribution in [0.1, 0.15) is 25.3 Å². The number of sulfonamides is 1. The summed E-state index contributed by atoms with van der Waals surface area (Å²) in [5.41, 5.74) is 6.38. The van der Waals surface area contributed by atoms with Gasteiger partial charge in [0.1, 0.15) is 5.84 Å². The first-order valence-corrected chi connectivity index (χ1v) is 7.42. The van der Waals surface area contributed by atoms with E-state index >= 15 is 0 Å². The van der Waals surface area contributed by atoms with Crippen molar-refractivity contribution in [3.8, 4) is 0 Å². The van der Waals surface area contributed by atoms with E-state index < -0.39 is 16.1 Å². The Hall–Kier alpha value is -1.60. The molecule has 1 aromatic rings. The average Bonchev–Trinajstić information content (AvgIpc) is 2.38. The fraction of sp³-hybridized carbons (Fsp3) is 0.417. The molecule has 1 atom stereocenters. The predicted molar refractivity (Wildman–Crippen MR) is 73.6 cm³/mol. The molecule has 0 aliphatic heterocycles. The third-order valence-electron chi connectivity index (χ3n) is 2.73. The number of hydrogen-bond acceptors (Lipinski definition) is 4. The van der Waals surface area contributed by atoms with Crippen LogP contribution in [0, 0.1) is 6.92 Å². The first-order chi connectivity index (χ1) is 8.89. The van der Waals surface area contributed by atoms with Gasteiger partial charge < -0.3 is 10.9 Å². The number of rotatable bonds is 6. The van der Waals surface area contributed by atoms with Crippen LogP contribution in [-0.4, -0.2) is 25.5 Å². The van der Waals surface area contributed by atoms with Gasteiger partial charge in [0.15, 0.2) is 0 Å². The molecular weight excluding hydrogens is 266 g/mol. The van der Waals surface area contributed by atoms with E-state index in [0.717, 1.165) is 5.56 Å². The largest absolute Gasteiger partial charge is 0.409 e. The first-order valence-electron chi connectivity index (χ1n) is 5.94. The van der Waals surface area contributed by atoms with Gasteiger partial charge in [0, 0.05) is 12.5 Å². The number of oxime groups is 1. The summed E-state index contributed by atoms with van der Waals surface area (Å²) in [6.45, 7) is 3.71. The molecule has 1 aromatic carbocycles. The highest BCUT2D eigenvalue weighted by Gasteiger charge is 2.19. The maximum atomic E-state index is 12.1. The molecule has 0 aliphatic rings. The molecule has 0 aromatic heterocycles. The lowest BCUT2D eigenvalue weighted by molar-refractivity contribution is 0.316. The van der Waals surface area contributed by atoms with E-state index in [1.807, 2.05) is 13.8 Å². The summed E-state index contributed by atoms with van der Waals surface area (Å²) in [7, 11) is -3.58. The Balaban J connectivity index is 2.86. The van der Waals surface area contributed by atoms with Crippen LogP contribution in [0.4, 0.5) is 0 Å². The van der Waals surface area contributed by atoms with Gasteiger partial charge >= 0.3 is 0 Å². The molecule has 7 heteroatoms. The Morgan fingerprint density at radius 1 is 1.42 bits per heavy atom. The van der Waals surface area contributed by atoms with Gasteiger partial charge in [-0.3, -0.25) is 0 Å². The van der Waals surface area contributed by atoms with Gasteiger partial charge in [-0.25, -0.2) is 13.1 Å². The number of hydrogen-bond donors (Lipinski definition) is 3. The van der Waals surface area contributed by atoms with Gasteiger partial charge in [0.25, 0.3) is 0 Å². The second-order valence-electron chi connectivity index (χ2n) is 4.33. The number of aryl methyl sites for hydroxylation is 1. The lowest BCUT2D eigenvalue weighted by Gasteiger charge is -2.16. The van der Waals surface area contributed by atoms with Crippen molar-refractivity contribution in [3.05, 3.63) is 29.8 Å². The molecule has 0 radical (unpaired) electrons. The van der Waals surface area contributed by atoms with Gasteiger partial charge in [-0.15, -0.1) is 0 Å². The maximum absolute atomic E-state index is 12.1. The maximum Gasteiger partial charge on any atom is 0.240 e. The monoisotopic (exact) mass is 285 g/mol. The van der Waals surface area contributed by atoms with Crippen molar-refractivity contribution < 1.29 is 13.6 Å². The summed E-state index contributed by atoms with van der Waals surface area (Å²) in [5.74, 6) is -0.00143. The standard InChI is InChI=1S/C12H19N3O3S/c1-3-10(8-12(13)14-16)15-19(17,18)11-6-4-9(2)5-7-11/h4-7,10,15-16H,3,8H2,1-2H3,(H2,13,14). The van der Waals surface area contributed by atoms with Crippen molar-refractivity contribution >= 4 is 15.9 Å². The molecular formula is C12H19N3O3S. The zero-order valence-electron chi connectivity index (χ0n) is 11.0. The third kappa shape index (κ3) is 4.53. The van der Waals surface area contributed by atoms with Crippen LogP contribution in [0.2, 0.25) is 0 Å². The fourth-order valence-corrected chi connectivity index (χ4v) is 2.89. The topological polar surface area (TPSA) is 105 Å². The molecule has 1 rings (SSSR count).